The summed E-state index contributed by atoms with van der Waals surface area (Å²) in [5, 5.41) is 0.301. The molecule has 0 aliphatic carbocycles. The van der Waals surface area contributed by atoms with Crippen LogP contribution in [0.2, 0.25) is 0 Å². The van der Waals surface area contributed by atoms with Crippen molar-refractivity contribution in [1.29, 1.82) is 0 Å². The van der Waals surface area contributed by atoms with Crippen molar-refractivity contribution in [2.24, 2.45) is 0 Å². The van der Waals surface area contributed by atoms with Gasteiger partial charge in [-0.2, -0.15) is 0 Å². The van der Waals surface area contributed by atoms with Crippen LogP contribution in [-0.4, -0.2) is 37.6 Å². The first-order valence-corrected chi connectivity index (χ1v) is 6.24. The molecule has 0 aromatic heterocycles. The third kappa shape index (κ3) is 3.05. The van der Waals surface area contributed by atoms with Gasteiger partial charge in [0.05, 0.1) is 14.2 Å². The van der Waals surface area contributed by atoms with Crippen LogP contribution in [0.25, 0.3) is 0 Å². The highest BCUT2D eigenvalue weighted by Gasteiger charge is 2.20. The van der Waals surface area contributed by atoms with Crippen molar-refractivity contribution in [1.82, 2.24) is 4.90 Å². The number of ether oxygens (including phenoxy) is 2. The fourth-order valence-electron chi connectivity index (χ4n) is 2.17. The van der Waals surface area contributed by atoms with Crippen LogP contribution in [-0.2, 0) is 6.54 Å². The fourth-order valence-corrected chi connectivity index (χ4v) is 2.46. The molecule has 3 nitrogen and oxygen atoms in total. The minimum absolute atomic E-state index is 0.301. The largest absolute Gasteiger partial charge is 0.493 e. The second-order valence-electron chi connectivity index (χ2n) is 4.31. The maximum absolute atomic E-state index is 6.09. The molecule has 1 fully saturated rings. The fraction of sp³-hybridized carbons (Fsp3) is 0.538. The van der Waals surface area contributed by atoms with Gasteiger partial charge in [0, 0.05) is 18.5 Å². The molecule has 0 spiro atoms. The van der Waals surface area contributed by atoms with E-state index >= 15 is 0 Å². The Hall–Kier alpha value is -0.930. The van der Waals surface area contributed by atoms with Crippen molar-refractivity contribution < 1.29 is 9.47 Å². The van der Waals surface area contributed by atoms with Crippen molar-refractivity contribution in [3.05, 3.63) is 23.8 Å². The molecule has 1 heterocycles. The summed E-state index contributed by atoms with van der Waals surface area (Å²) in [5.41, 5.74) is 1.23. The minimum atomic E-state index is 0.301. The zero-order valence-corrected chi connectivity index (χ0v) is 11.0. The normalized spacial score (nSPS) is 20.5. The third-order valence-electron chi connectivity index (χ3n) is 3.07. The Bertz CT molecular complexity index is 384. The van der Waals surface area contributed by atoms with E-state index < -0.39 is 0 Å². The molecule has 1 atom stereocenters. The Morgan fingerprint density at radius 3 is 2.65 bits per heavy atom. The summed E-state index contributed by atoms with van der Waals surface area (Å²) < 4.78 is 10.5. The summed E-state index contributed by atoms with van der Waals surface area (Å²) in [6.07, 6.45) is 1.08. The van der Waals surface area contributed by atoms with Crippen LogP contribution in [0.5, 0.6) is 11.5 Å². The molecule has 94 valence electrons. The lowest BCUT2D eigenvalue weighted by molar-refractivity contribution is 0.328. The van der Waals surface area contributed by atoms with E-state index in [0.717, 1.165) is 37.6 Å². The van der Waals surface area contributed by atoms with Gasteiger partial charge in [0.25, 0.3) is 0 Å². The van der Waals surface area contributed by atoms with Crippen molar-refractivity contribution >= 4 is 11.6 Å². The molecule has 2 rings (SSSR count). The summed E-state index contributed by atoms with van der Waals surface area (Å²) in [6, 6.07) is 6.05. The van der Waals surface area contributed by atoms with Crippen LogP contribution < -0.4 is 9.47 Å². The standard InChI is InChI=1S/C13H18ClNO2/c1-16-12-4-3-10(7-13(12)17-2)8-15-6-5-11(14)9-15/h3-4,7,11H,5-6,8-9H2,1-2H3. The summed E-state index contributed by atoms with van der Waals surface area (Å²) in [6.45, 7) is 2.96. The molecule has 17 heavy (non-hydrogen) atoms. The van der Waals surface area contributed by atoms with E-state index in [9.17, 15) is 0 Å². The van der Waals surface area contributed by atoms with Crippen LogP contribution >= 0.6 is 11.6 Å². The van der Waals surface area contributed by atoms with E-state index in [1.807, 2.05) is 12.1 Å². The average molecular weight is 256 g/mol. The predicted octanol–water partition coefficient (Wildman–Crippen LogP) is 2.52. The Balaban J connectivity index is 2.06. The zero-order chi connectivity index (χ0) is 12.3. The first kappa shape index (κ1) is 12.5. The highest BCUT2D eigenvalue weighted by atomic mass is 35.5. The van der Waals surface area contributed by atoms with Gasteiger partial charge in [-0.3, -0.25) is 4.90 Å². The van der Waals surface area contributed by atoms with E-state index in [1.54, 1.807) is 14.2 Å². The molecule has 1 aliphatic heterocycles. The van der Waals surface area contributed by atoms with Crippen molar-refractivity contribution in [3.63, 3.8) is 0 Å². The quantitative estimate of drug-likeness (QED) is 0.772. The first-order valence-electron chi connectivity index (χ1n) is 5.80. The molecule has 0 saturated carbocycles. The second kappa shape index (κ2) is 5.61. The monoisotopic (exact) mass is 255 g/mol. The second-order valence-corrected chi connectivity index (χ2v) is 4.93. The molecule has 1 aromatic rings. The molecule has 4 heteroatoms. The Labute approximate surface area is 107 Å². The maximum atomic E-state index is 6.09. The number of hydrogen-bond acceptors (Lipinski definition) is 3. The Morgan fingerprint density at radius 2 is 2.06 bits per heavy atom. The van der Waals surface area contributed by atoms with Gasteiger partial charge in [0.1, 0.15) is 0 Å². The van der Waals surface area contributed by atoms with Crippen LogP contribution in [0.3, 0.4) is 0 Å². The van der Waals surface area contributed by atoms with Crippen molar-refractivity contribution in [2.45, 2.75) is 18.3 Å². The number of halogens is 1. The smallest absolute Gasteiger partial charge is 0.161 e. The summed E-state index contributed by atoms with van der Waals surface area (Å²) in [4.78, 5) is 2.36. The average Bonchev–Trinajstić information content (AvgIpc) is 2.74. The van der Waals surface area contributed by atoms with E-state index in [0.29, 0.717) is 5.38 Å². The van der Waals surface area contributed by atoms with Gasteiger partial charge in [-0.1, -0.05) is 6.07 Å². The van der Waals surface area contributed by atoms with E-state index in [-0.39, 0.29) is 0 Å². The lowest BCUT2D eigenvalue weighted by atomic mass is 10.2. The summed E-state index contributed by atoms with van der Waals surface area (Å²) in [7, 11) is 3.31. The van der Waals surface area contributed by atoms with E-state index in [1.165, 1.54) is 5.56 Å². The summed E-state index contributed by atoms with van der Waals surface area (Å²) in [5.74, 6) is 1.56. The zero-order valence-electron chi connectivity index (χ0n) is 10.3. The molecule has 1 unspecified atom stereocenters. The Kier molecular flexibility index (Phi) is 4.13. The van der Waals surface area contributed by atoms with Gasteiger partial charge in [-0.15, -0.1) is 11.6 Å². The first-order chi connectivity index (χ1) is 8.22. The predicted molar refractivity (Wildman–Crippen MR) is 69.1 cm³/mol. The lowest BCUT2D eigenvalue weighted by Gasteiger charge is -2.16. The molecular formula is C13H18ClNO2. The van der Waals surface area contributed by atoms with Crippen LogP contribution in [0, 0.1) is 0 Å². The number of nitrogens with zero attached hydrogens (tertiary/aromatic N) is 1. The lowest BCUT2D eigenvalue weighted by Crippen LogP contribution is -2.20. The number of benzene rings is 1. The van der Waals surface area contributed by atoms with Gasteiger partial charge >= 0.3 is 0 Å². The topological polar surface area (TPSA) is 21.7 Å². The van der Waals surface area contributed by atoms with Gasteiger partial charge in [0.15, 0.2) is 11.5 Å². The highest BCUT2D eigenvalue weighted by molar-refractivity contribution is 6.20. The maximum Gasteiger partial charge on any atom is 0.161 e. The van der Waals surface area contributed by atoms with Gasteiger partial charge < -0.3 is 9.47 Å². The molecule has 0 bridgehead atoms. The molecule has 0 N–H and O–H groups in total. The highest BCUT2D eigenvalue weighted by Crippen LogP contribution is 2.28. The van der Waals surface area contributed by atoms with Crippen molar-refractivity contribution in [2.75, 3.05) is 27.3 Å². The third-order valence-corrected chi connectivity index (χ3v) is 3.43. The van der Waals surface area contributed by atoms with Gasteiger partial charge in [0.2, 0.25) is 0 Å². The van der Waals surface area contributed by atoms with Gasteiger partial charge in [-0.05, 0) is 30.7 Å². The van der Waals surface area contributed by atoms with Crippen LogP contribution in [0.15, 0.2) is 18.2 Å². The molecular weight excluding hydrogens is 238 g/mol. The molecule has 0 amide bonds. The summed E-state index contributed by atoms with van der Waals surface area (Å²) >= 11 is 6.09. The van der Waals surface area contributed by atoms with Crippen LogP contribution in [0.4, 0.5) is 0 Å². The van der Waals surface area contributed by atoms with Crippen LogP contribution in [0.1, 0.15) is 12.0 Å². The Morgan fingerprint density at radius 1 is 1.29 bits per heavy atom. The number of rotatable bonds is 4. The number of methoxy groups -OCH3 is 2. The molecule has 1 aliphatic rings. The van der Waals surface area contributed by atoms with E-state index in [4.69, 9.17) is 21.1 Å². The molecule has 1 saturated heterocycles. The molecule has 0 radical (unpaired) electrons. The van der Waals surface area contributed by atoms with E-state index in [2.05, 4.69) is 11.0 Å². The van der Waals surface area contributed by atoms with Crippen molar-refractivity contribution in [3.8, 4) is 11.5 Å². The molecule has 1 aromatic carbocycles. The number of likely N-dealkylation sites (tertiary alicyclic amines) is 1. The minimum Gasteiger partial charge on any atom is -0.493 e. The number of hydrogen-bond donors (Lipinski definition) is 0. The number of alkyl halides is 1. The SMILES string of the molecule is COc1ccc(CN2CCC(Cl)C2)cc1OC. The van der Waals surface area contributed by atoms with Gasteiger partial charge in [-0.25, -0.2) is 0 Å².